The van der Waals surface area contributed by atoms with Crippen molar-refractivity contribution in [2.24, 2.45) is 0 Å². The minimum absolute atomic E-state index is 0.151. The molecular weight excluding hydrogens is 196 g/mol. The van der Waals surface area contributed by atoms with Crippen LogP contribution in [-0.2, 0) is 0 Å². The smallest absolute Gasteiger partial charge is 0.181 e. The Kier molecular flexibility index (Phi) is 2.53. The lowest BCUT2D eigenvalue weighted by Gasteiger charge is -2.11. The van der Waals surface area contributed by atoms with Gasteiger partial charge in [0.2, 0.25) is 0 Å². The van der Waals surface area contributed by atoms with E-state index in [0.29, 0.717) is 11.2 Å². The summed E-state index contributed by atoms with van der Waals surface area (Å²) in [6, 6.07) is 0. The van der Waals surface area contributed by atoms with Gasteiger partial charge < -0.3 is 10.2 Å². The monoisotopic (exact) mass is 206 g/mol. The molecule has 2 N–H and O–H groups in total. The van der Waals surface area contributed by atoms with Crippen LogP contribution in [0.4, 0.5) is 0 Å². The number of rotatable bonds is 2. The zero-order chi connectivity index (χ0) is 10.8. The first-order valence-electron chi connectivity index (χ1n) is 4.48. The molecule has 0 amide bonds. The topological polar surface area (TPSA) is 92.0 Å². The Bertz CT molecular complexity index is 474. The maximum absolute atomic E-state index is 9.53. The SMILES string of the molecule is CC(O)C(O)c1ncc2nccnc2n1. The molecule has 2 atom stereocenters. The van der Waals surface area contributed by atoms with Crippen molar-refractivity contribution in [3.63, 3.8) is 0 Å². The molecule has 6 nitrogen and oxygen atoms in total. The van der Waals surface area contributed by atoms with Gasteiger partial charge in [-0.3, -0.25) is 0 Å². The first kappa shape index (κ1) is 9.88. The van der Waals surface area contributed by atoms with Gasteiger partial charge in [-0.1, -0.05) is 0 Å². The molecule has 0 aromatic carbocycles. The van der Waals surface area contributed by atoms with E-state index in [-0.39, 0.29) is 5.82 Å². The van der Waals surface area contributed by atoms with E-state index in [1.807, 2.05) is 0 Å². The molecule has 0 bridgehead atoms. The van der Waals surface area contributed by atoms with Gasteiger partial charge in [-0.15, -0.1) is 0 Å². The van der Waals surface area contributed by atoms with Gasteiger partial charge in [0, 0.05) is 12.4 Å². The summed E-state index contributed by atoms with van der Waals surface area (Å²) in [5.74, 6) is 0.151. The summed E-state index contributed by atoms with van der Waals surface area (Å²) in [5, 5.41) is 18.7. The molecule has 0 spiro atoms. The standard InChI is InChI=1S/C9H10N4O2/c1-5(14)7(15)9-12-4-6-8(13-9)11-3-2-10-6/h2-5,7,14-15H,1H3. The molecule has 0 radical (unpaired) electrons. The second-order valence-corrected chi connectivity index (χ2v) is 3.18. The Morgan fingerprint density at radius 1 is 1.13 bits per heavy atom. The lowest BCUT2D eigenvalue weighted by molar-refractivity contribution is 0.0251. The number of aliphatic hydroxyl groups is 2. The van der Waals surface area contributed by atoms with E-state index >= 15 is 0 Å². The van der Waals surface area contributed by atoms with Gasteiger partial charge in [-0.05, 0) is 6.92 Å². The minimum atomic E-state index is -1.10. The third kappa shape index (κ3) is 1.90. The summed E-state index contributed by atoms with van der Waals surface area (Å²) in [6.45, 7) is 1.47. The zero-order valence-corrected chi connectivity index (χ0v) is 8.07. The Labute approximate surface area is 85.7 Å². The van der Waals surface area contributed by atoms with Crippen molar-refractivity contribution in [2.45, 2.75) is 19.1 Å². The number of hydrogen-bond donors (Lipinski definition) is 2. The maximum Gasteiger partial charge on any atom is 0.181 e. The van der Waals surface area contributed by atoms with Crippen molar-refractivity contribution in [1.82, 2.24) is 19.9 Å². The summed E-state index contributed by atoms with van der Waals surface area (Å²) in [6.07, 6.45) is 2.50. The molecule has 6 heteroatoms. The maximum atomic E-state index is 9.53. The molecule has 0 aliphatic rings. The molecule has 0 fully saturated rings. The van der Waals surface area contributed by atoms with Crippen LogP contribution in [0.5, 0.6) is 0 Å². The Morgan fingerprint density at radius 3 is 2.60 bits per heavy atom. The van der Waals surface area contributed by atoms with E-state index in [4.69, 9.17) is 0 Å². The lowest BCUT2D eigenvalue weighted by atomic mass is 10.2. The van der Waals surface area contributed by atoms with Gasteiger partial charge in [0.1, 0.15) is 11.6 Å². The van der Waals surface area contributed by atoms with Crippen molar-refractivity contribution < 1.29 is 10.2 Å². The first-order chi connectivity index (χ1) is 7.18. The summed E-state index contributed by atoms with van der Waals surface area (Å²) < 4.78 is 0. The van der Waals surface area contributed by atoms with Gasteiger partial charge >= 0.3 is 0 Å². The summed E-state index contributed by atoms with van der Waals surface area (Å²) in [4.78, 5) is 15.9. The average molecular weight is 206 g/mol. The average Bonchev–Trinajstić information content (AvgIpc) is 2.27. The van der Waals surface area contributed by atoms with Crippen LogP contribution in [-0.4, -0.2) is 36.3 Å². The van der Waals surface area contributed by atoms with E-state index in [0.717, 1.165) is 0 Å². The van der Waals surface area contributed by atoms with Crippen molar-refractivity contribution in [2.75, 3.05) is 0 Å². The predicted molar refractivity (Wildman–Crippen MR) is 51.8 cm³/mol. The number of aromatic nitrogens is 4. The van der Waals surface area contributed by atoms with Crippen LogP contribution in [0.3, 0.4) is 0 Å². The molecule has 2 unspecified atom stereocenters. The minimum Gasteiger partial charge on any atom is -0.390 e. The molecule has 2 aromatic rings. The highest BCUT2D eigenvalue weighted by atomic mass is 16.3. The Morgan fingerprint density at radius 2 is 1.87 bits per heavy atom. The second-order valence-electron chi connectivity index (χ2n) is 3.18. The third-order valence-corrected chi connectivity index (χ3v) is 1.97. The van der Waals surface area contributed by atoms with Gasteiger partial charge in [0.05, 0.1) is 12.3 Å². The quantitative estimate of drug-likeness (QED) is 0.709. The molecular formula is C9H10N4O2. The molecule has 2 heterocycles. The fourth-order valence-corrected chi connectivity index (χ4v) is 1.14. The zero-order valence-electron chi connectivity index (χ0n) is 8.07. The summed E-state index contributed by atoms with van der Waals surface area (Å²) in [7, 11) is 0. The van der Waals surface area contributed by atoms with Crippen molar-refractivity contribution in [3.05, 3.63) is 24.4 Å². The third-order valence-electron chi connectivity index (χ3n) is 1.97. The van der Waals surface area contributed by atoms with Gasteiger partial charge in [-0.25, -0.2) is 19.9 Å². The first-order valence-corrected chi connectivity index (χ1v) is 4.48. The van der Waals surface area contributed by atoms with Gasteiger partial charge in [0.25, 0.3) is 0 Å². The molecule has 2 rings (SSSR count). The molecule has 78 valence electrons. The molecule has 2 aromatic heterocycles. The lowest BCUT2D eigenvalue weighted by Crippen LogP contribution is -2.16. The van der Waals surface area contributed by atoms with Crippen LogP contribution in [0.25, 0.3) is 11.2 Å². The van der Waals surface area contributed by atoms with Crippen LogP contribution in [0.1, 0.15) is 18.9 Å². The van der Waals surface area contributed by atoms with Crippen LogP contribution >= 0.6 is 0 Å². The molecule has 0 aliphatic heterocycles. The summed E-state index contributed by atoms with van der Waals surface area (Å²) >= 11 is 0. The molecule has 0 saturated carbocycles. The van der Waals surface area contributed by atoms with Gasteiger partial charge in [-0.2, -0.15) is 0 Å². The van der Waals surface area contributed by atoms with E-state index in [2.05, 4.69) is 19.9 Å². The number of hydrogen-bond acceptors (Lipinski definition) is 6. The summed E-state index contributed by atoms with van der Waals surface area (Å²) in [5.41, 5.74) is 0.959. The van der Waals surface area contributed by atoms with Crippen LogP contribution in [0.15, 0.2) is 18.6 Å². The molecule has 0 saturated heterocycles. The second kappa shape index (κ2) is 3.84. The van der Waals surface area contributed by atoms with E-state index in [1.54, 1.807) is 0 Å². The fraction of sp³-hybridized carbons (Fsp3) is 0.333. The predicted octanol–water partition coefficient (Wildman–Crippen LogP) is -0.166. The van der Waals surface area contributed by atoms with Crippen molar-refractivity contribution >= 4 is 11.2 Å². The van der Waals surface area contributed by atoms with Crippen LogP contribution < -0.4 is 0 Å². The normalized spacial score (nSPS) is 15.1. The van der Waals surface area contributed by atoms with Crippen LogP contribution in [0.2, 0.25) is 0 Å². The van der Waals surface area contributed by atoms with Crippen molar-refractivity contribution in [3.8, 4) is 0 Å². The van der Waals surface area contributed by atoms with E-state index in [1.165, 1.54) is 25.5 Å². The van der Waals surface area contributed by atoms with E-state index in [9.17, 15) is 10.2 Å². The Balaban J connectivity index is 2.47. The number of fused-ring (bicyclic) bond motifs is 1. The molecule has 15 heavy (non-hydrogen) atoms. The van der Waals surface area contributed by atoms with Crippen LogP contribution in [0, 0.1) is 0 Å². The number of aliphatic hydroxyl groups excluding tert-OH is 2. The Hall–Kier alpha value is -1.66. The highest BCUT2D eigenvalue weighted by molar-refractivity contribution is 5.67. The fourth-order valence-electron chi connectivity index (χ4n) is 1.14. The highest BCUT2D eigenvalue weighted by Gasteiger charge is 2.17. The number of nitrogens with zero attached hydrogens (tertiary/aromatic N) is 4. The van der Waals surface area contributed by atoms with Gasteiger partial charge in [0.15, 0.2) is 11.5 Å². The largest absolute Gasteiger partial charge is 0.390 e. The van der Waals surface area contributed by atoms with Crippen molar-refractivity contribution in [1.29, 1.82) is 0 Å². The highest BCUT2D eigenvalue weighted by Crippen LogP contribution is 2.13. The van der Waals surface area contributed by atoms with E-state index < -0.39 is 12.2 Å². The molecule has 0 aliphatic carbocycles.